The van der Waals surface area contributed by atoms with Gasteiger partial charge in [-0.1, -0.05) is 0 Å². The summed E-state index contributed by atoms with van der Waals surface area (Å²) >= 11 is 0. The molecule has 0 aliphatic rings. The minimum absolute atomic E-state index is 0.0906. The molecule has 0 saturated carbocycles. The molecule has 0 aliphatic carbocycles. The van der Waals surface area contributed by atoms with E-state index in [2.05, 4.69) is 10.1 Å². The first-order valence-electron chi connectivity index (χ1n) is 8.21. The van der Waals surface area contributed by atoms with E-state index < -0.39 is 52.8 Å². The molecule has 0 aliphatic heterocycles. The zero-order valence-corrected chi connectivity index (χ0v) is 15.0. The van der Waals surface area contributed by atoms with Gasteiger partial charge >= 0.3 is 18.3 Å². The van der Waals surface area contributed by atoms with Crippen LogP contribution in [0.15, 0.2) is 35.5 Å². The minimum atomic E-state index is -5.90. The number of nitriles is 1. The summed E-state index contributed by atoms with van der Waals surface area (Å²) in [7, 11) is 0. The predicted molar refractivity (Wildman–Crippen MR) is 88.0 cm³/mol. The molecule has 14 heteroatoms. The molecule has 0 N–H and O–H groups in total. The molecular weight excluding hydrogens is 442 g/mol. The minimum Gasteiger partial charge on any atom is -0.268 e. The SMILES string of the molecule is N#CCc1ccn2c(=O)c(-c3cnn(CC(F)(F)C(F)(F)F)c3)c(C(F)(F)F)nc2c1. The van der Waals surface area contributed by atoms with Crippen LogP contribution in [0, 0.1) is 11.3 Å². The van der Waals surface area contributed by atoms with Crippen molar-refractivity contribution >= 4 is 5.65 Å². The molecule has 3 rings (SSSR count). The van der Waals surface area contributed by atoms with Gasteiger partial charge in [0.1, 0.15) is 12.2 Å². The second-order valence-electron chi connectivity index (χ2n) is 6.37. The van der Waals surface area contributed by atoms with Crippen LogP contribution in [0.1, 0.15) is 11.3 Å². The smallest absolute Gasteiger partial charge is 0.268 e. The van der Waals surface area contributed by atoms with Gasteiger partial charge in [-0.3, -0.25) is 13.9 Å². The monoisotopic (exact) mass is 451 g/mol. The highest BCUT2D eigenvalue weighted by Crippen LogP contribution is 2.37. The molecule has 0 aromatic carbocycles. The van der Waals surface area contributed by atoms with Gasteiger partial charge < -0.3 is 0 Å². The van der Waals surface area contributed by atoms with E-state index >= 15 is 0 Å². The number of aromatic nitrogens is 4. The van der Waals surface area contributed by atoms with E-state index in [9.17, 15) is 39.9 Å². The number of halogens is 8. The van der Waals surface area contributed by atoms with Crippen molar-refractivity contribution in [1.82, 2.24) is 19.2 Å². The lowest BCUT2D eigenvalue weighted by molar-refractivity contribution is -0.287. The Morgan fingerprint density at radius 1 is 1.10 bits per heavy atom. The van der Waals surface area contributed by atoms with Gasteiger partial charge in [-0.15, -0.1) is 0 Å². The summed E-state index contributed by atoms with van der Waals surface area (Å²) < 4.78 is 105. The Morgan fingerprint density at radius 2 is 1.77 bits per heavy atom. The molecule has 3 aromatic heterocycles. The van der Waals surface area contributed by atoms with E-state index in [0.717, 1.165) is 16.7 Å². The topological polar surface area (TPSA) is 76.0 Å². The third kappa shape index (κ3) is 4.21. The molecule has 0 amide bonds. The van der Waals surface area contributed by atoms with Crippen LogP contribution in [0.3, 0.4) is 0 Å². The highest BCUT2D eigenvalue weighted by molar-refractivity contribution is 5.66. The van der Waals surface area contributed by atoms with Gasteiger partial charge in [-0.2, -0.15) is 45.5 Å². The lowest BCUT2D eigenvalue weighted by atomic mass is 10.1. The molecule has 3 heterocycles. The predicted octanol–water partition coefficient (Wildman–Crippen LogP) is 3.84. The zero-order valence-electron chi connectivity index (χ0n) is 15.0. The number of pyridine rings is 1. The molecule has 3 aromatic rings. The summed E-state index contributed by atoms with van der Waals surface area (Å²) in [5.74, 6) is -5.20. The molecule has 0 saturated heterocycles. The lowest BCUT2D eigenvalue weighted by Crippen LogP contribution is -2.40. The van der Waals surface area contributed by atoms with Crippen LogP contribution < -0.4 is 5.56 Å². The average molecular weight is 451 g/mol. The molecular formula is C17H9F8N5O. The first-order chi connectivity index (χ1) is 14.2. The average Bonchev–Trinajstić information content (AvgIpc) is 3.07. The second kappa shape index (κ2) is 7.33. The largest absolute Gasteiger partial charge is 0.455 e. The fourth-order valence-electron chi connectivity index (χ4n) is 2.72. The van der Waals surface area contributed by atoms with E-state index in [1.807, 2.05) is 0 Å². The molecule has 164 valence electrons. The van der Waals surface area contributed by atoms with Crippen molar-refractivity contribution in [3.05, 3.63) is 52.3 Å². The summed E-state index contributed by atoms with van der Waals surface area (Å²) in [6.07, 6.45) is -9.10. The first-order valence-corrected chi connectivity index (χ1v) is 8.21. The van der Waals surface area contributed by atoms with Crippen LogP contribution >= 0.6 is 0 Å². The Hall–Kier alpha value is -3.50. The molecule has 0 atom stereocenters. The summed E-state index contributed by atoms with van der Waals surface area (Å²) in [5, 5.41) is 11.9. The van der Waals surface area contributed by atoms with Crippen molar-refractivity contribution in [3.63, 3.8) is 0 Å². The van der Waals surface area contributed by atoms with Crippen molar-refractivity contribution in [2.45, 2.75) is 31.2 Å². The summed E-state index contributed by atoms with van der Waals surface area (Å²) in [6, 6.07) is 4.18. The maximum atomic E-state index is 13.6. The van der Waals surface area contributed by atoms with Crippen LogP contribution in [0.4, 0.5) is 35.1 Å². The van der Waals surface area contributed by atoms with Crippen LogP contribution in [0.5, 0.6) is 0 Å². The fraction of sp³-hybridized carbons (Fsp3) is 0.294. The van der Waals surface area contributed by atoms with Crippen LogP contribution in [-0.2, 0) is 19.1 Å². The molecule has 0 radical (unpaired) electrons. The van der Waals surface area contributed by atoms with Crippen LogP contribution in [-0.4, -0.2) is 31.3 Å². The molecule has 0 unspecified atom stereocenters. The van der Waals surface area contributed by atoms with E-state index in [4.69, 9.17) is 5.26 Å². The maximum Gasteiger partial charge on any atom is 0.455 e. The van der Waals surface area contributed by atoms with Crippen molar-refractivity contribution in [1.29, 1.82) is 5.26 Å². The standard InChI is InChI=1S/C17H9F8N5O/c18-15(19,17(23,24)25)8-29-7-10(6-27-29)12-13(16(20,21)22)28-11-5-9(1-3-26)2-4-30(11)14(12)31/h2,4-7H,1,8H2. The zero-order chi connectivity index (χ0) is 23.2. The van der Waals surface area contributed by atoms with Crippen molar-refractivity contribution in [3.8, 4) is 17.2 Å². The van der Waals surface area contributed by atoms with Crippen LogP contribution in [0.25, 0.3) is 16.8 Å². The number of hydrogen-bond acceptors (Lipinski definition) is 4. The normalized spacial score (nSPS) is 12.9. The molecule has 0 spiro atoms. The summed E-state index contributed by atoms with van der Waals surface area (Å²) in [4.78, 5) is 16.1. The van der Waals surface area contributed by atoms with Gasteiger partial charge in [-0.25, -0.2) is 4.98 Å². The van der Waals surface area contributed by atoms with Crippen LogP contribution in [0.2, 0.25) is 0 Å². The Bertz CT molecular complexity index is 1230. The number of nitrogens with zero attached hydrogens (tertiary/aromatic N) is 5. The Balaban J connectivity index is 2.17. The van der Waals surface area contributed by atoms with Crippen molar-refractivity contribution in [2.24, 2.45) is 0 Å². The number of fused-ring (bicyclic) bond motifs is 1. The number of alkyl halides is 8. The third-order valence-electron chi connectivity index (χ3n) is 4.14. The molecule has 6 nitrogen and oxygen atoms in total. The van der Waals surface area contributed by atoms with Gasteiger partial charge in [0.05, 0.1) is 24.3 Å². The van der Waals surface area contributed by atoms with E-state index in [1.165, 1.54) is 6.07 Å². The molecule has 31 heavy (non-hydrogen) atoms. The quantitative estimate of drug-likeness (QED) is 0.565. The fourth-order valence-corrected chi connectivity index (χ4v) is 2.72. The van der Waals surface area contributed by atoms with Crippen molar-refractivity contribution < 1.29 is 35.1 Å². The first kappa shape index (κ1) is 22.2. The Labute approximate surface area is 167 Å². The van der Waals surface area contributed by atoms with Gasteiger partial charge in [0, 0.05) is 18.0 Å². The maximum absolute atomic E-state index is 13.6. The highest BCUT2D eigenvalue weighted by atomic mass is 19.4. The number of rotatable bonds is 4. The van der Waals surface area contributed by atoms with E-state index in [-0.39, 0.29) is 16.7 Å². The Kier molecular flexibility index (Phi) is 5.24. The highest BCUT2D eigenvalue weighted by Gasteiger charge is 2.57. The molecule has 0 bridgehead atoms. The van der Waals surface area contributed by atoms with Gasteiger partial charge in [0.25, 0.3) is 5.56 Å². The van der Waals surface area contributed by atoms with E-state index in [0.29, 0.717) is 12.4 Å². The van der Waals surface area contributed by atoms with E-state index in [1.54, 1.807) is 6.07 Å². The van der Waals surface area contributed by atoms with Gasteiger partial charge in [0.2, 0.25) is 0 Å². The second-order valence-corrected chi connectivity index (χ2v) is 6.37. The van der Waals surface area contributed by atoms with Crippen molar-refractivity contribution in [2.75, 3.05) is 0 Å². The molecule has 0 fully saturated rings. The number of hydrogen-bond donors (Lipinski definition) is 0. The lowest BCUT2D eigenvalue weighted by Gasteiger charge is -2.19. The van der Waals surface area contributed by atoms with Gasteiger partial charge in [0.15, 0.2) is 5.69 Å². The summed E-state index contributed by atoms with van der Waals surface area (Å²) in [6.45, 7) is -1.99. The summed E-state index contributed by atoms with van der Waals surface area (Å²) in [5.41, 5.74) is -4.77. The Morgan fingerprint density at radius 3 is 2.35 bits per heavy atom. The van der Waals surface area contributed by atoms with Gasteiger partial charge in [-0.05, 0) is 17.7 Å². The third-order valence-corrected chi connectivity index (χ3v) is 4.14.